The highest BCUT2D eigenvalue weighted by Gasteiger charge is 2.18. The van der Waals surface area contributed by atoms with E-state index in [0.717, 1.165) is 5.56 Å². The fraction of sp³-hybridized carbons (Fsp3) is 0.385. The van der Waals surface area contributed by atoms with Gasteiger partial charge in [0.1, 0.15) is 5.82 Å². The average Bonchev–Trinajstić information content (AvgIpc) is 2.31. The Morgan fingerprint density at radius 2 is 2.06 bits per heavy atom. The van der Waals surface area contributed by atoms with E-state index in [1.165, 1.54) is 24.1 Å². The zero-order valence-corrected chi connectivity index (χ0v) is 10.8. The van der Waals surface area contributed by atoms with Crippen LogP contribution in [0.3, 0.4) is 0 Å². The van der Waals surface area contributed by atoms with Gasteiger partial charge in [0.05, 0.1) is 12.1 Å². The highest BCUT2D eigenvalue weighted by atomic mass is 19.1. The summed E-state index contributed by atoms with van der Waals surface area (Å²) in [5.41, 5.74) is 0.785. The van der Waals surface area contributed by atoms with E-state index in [1.807, 2.05) is 0 Å². The predicted molar refractivity (Wildman–Crippen MR) is 66.8 cm³/mol. The Labute approximate surface area is 106 Å². The minimum absolute atomic E-state index is 0.0122. The minimum atomic E-state index is -0.576. The summed E-state index contributed by atoms with van der Waals surface area (Å²) in [5, 5.41) is 2.58. The van der Waals surface area contributed by atoms with Crippen molar-refractivity contribution in [1.82, 2.24) is 10.2 Å². The SMILES string of the molecule is CCNC(=O)CN(C)C(=O)c1cc(C)ccc1F. The first-order valence-electron chi connectivity index (χ1n) is 5.74. The Kier molecular flexibility index (Phi) is 4.83. The summed E-state index contributed by atoms with van der Waals surface area (Å²) in [5.74, 6) is -1.34. The summed E-state index contributed by atoms with van der Waals surface area (Å²) >= 11 is 0. The maximum absolute atomic E-state index is 13.5. The molecule has 0 aliphatic rings. The number of amides is 2. The summed E-state index contributed by atoms with van der Waals surface area (Å²) in [6, 6.07) is 4.32. The molecule has 0 bridgehead atoms. The van der Waals surface area contributed by atoms with E-state index in [9.17, 15) is 14.0 Å². The first-order valence-corrected chi connectivity index (χ1v) is 5.74. The second kappa shape index (κ2) is 6.14. The lowest BCUT2D eigenvalue weighted by Gasteiger charge is -2.17. The fourth-order valence-electron chi connectivity index (χ4n) is 1.55. The molecule has 1 aromatic carbocycles. The number of likely N-dealkylation sites (N-methyl/N-ethyl adjacent to an activating group) is 2. The van der Waals surface area contributed by atoms with Gasteiger partial charge in [-0.25, -0.2) is 4.39 Å². The van der Waals surface area contributed by atoms with Crippen LogP contribution in [0.1, 0.15) is 22.8 Å². The van der Waals surface area contributed by atoms with Crippen molar-refractivity contribution in [3.05, 3.63) is 35.1 Å². The summed E-state index contributed by atoms with van der Waals surface area (Å²) in [6.07, 6.45) is 0. The van der Waals surface area contributed by atoms with E-state index in [0.29, 0.717) is 6.54 Å². The maximum Gasteiger partial charge on any atom is 0.257 e. The fourth-order valence-corrected chi connectivity index (χ4v) is 1.55. The van der Waals surface area contributed by atoms with E-state index in [2.05, 4.69) is 5.32 Å². The molecule has 4 nitrogen and oxygen atoms in total. The van der Waals surface area contributed by atoms with Crippen LogP contribution in [0.15, 0.2) is 18.2 Å². The Bertz CT molecular complexity index is 460. The number of rotatable bonds is 4. The van der Waals surface area contributed by atoms with Gasteiger partial charge in [-0.1, -0.05) is 11.6 Å². The summed E-state index contributed by atoms with van der Waals surface area (Å²) in [6.45, 7) is 3.99. The first kappa shape index (κ1) is 14.2. The number of halogens is 1. The van der Waals surface area contributed by atoms with Crippen molar-refractivity contribution in [2.45, 2.75) is 13.8 Å². The molecule has 0 aliphatic heterocycles. The van der Waals surface area contributed by atoms with Crippen molar-refractivity contribution in [3.63, 3.8) is 0 Å². The molecular formula is C13H17FN2O2. The van der Waals surface area contributed by atoms with Gasteiger partial charge in [0.25, 0.3) is 5.91 Å². The number of hydrogen-bond acceptors (Lipinski definition) is 2. The number of aryl methyl sites for hydroxylation is 1. The molecule has 0 aromatic heterocycles. The maximum atomic E-state index is 13.5. The molecule has 0 heterocycles. The topological polar surface area (TPSA) is 49.4 Å². The highest BCUT2D eigenvalue weighted by Crippen LogP contribution is 2.12. The van der Waals surface area contributed by atoms with Crippen LogP contribution in [0.2, 0.25) is 0 Å². The van der Waals surface area contributed by atoms with Gasteiger partial charge in [0, 0.05) is 13.6 Å². The summed E-state index contributed by atoms with van der Waals surface area (Å²) < 4.78 is 13.5. The van der Waals surface area contributed by atoms with E-state index >= 15 is 0 Å². The third-order valence-corrected chi connectivity index (χ3v) is 2.45. The molecule has 1 rings (SSSR count). The standard InChI is InChI=1S/C13H17FN2O2/c1-4-15-12(17)8-16(3)13(18)10-7-9(2)5-6-11(10)14/h5-7H,4,8H2,1-3H3,(H,15,17). The molecule has 1 N–H and O–H groups in total. The number of benzene rings is 1. The molecule has 1 aromatic rings. The van der Waals surface area contributed by atoms with Crippen molar-refractivity contribution in [2.75, 3.05) is 20.1 Å². The second-order valence-corrected chi connectivity index (χ2v) is 4.10. The highest BCUT2D eigenvalue weighted by molar-refractivity contribution is 5.96. The van der Waals surface area contributed by atoms with Crippen LogP contribution in [-0.4, -0.2) is 36.9 Å². The molecule has 98 valence electrons. The average molecular weight is 252 g/mol. The van der Waals surface area contributed by atoms with Crippen molar-refractivity contribution < 1.29 is 14.0 Å². The molecule has 0 saturated carbocycles. The van der Waals surface area contributed by atoms with E-state index in [-0.39, 0.29) is 18.0 Å². The van der Waals surface area contributed by atoms with Crippen LogP contribution >= 0.6 is 0 Å². The molecule has 0 unspecified atom stereocenters. The largest absolute Gasteiger partial charge is 0.355 e. The molecule has 0 atom stereocenters. The van der Waals surface area contributed by atoms with Crippen LogP contribution < -0.4 is 5.32 Å². The first-order chi connectivity index (χ1) is 8.45. The van der Waals surface area contributed by atoms with Crippen LogP contribution in [0, 0.1) is 12.7 Å². The molecular weight excluding hydrogens is 235 g/mol. The molecule has 0 radical (unpaired) electrons. The third-order valence-electron chi connectivity index (χ3n) is 2.45. The van der Waals surface area contributed by atoms with Crippen LogP contribution in [-0.2, 0) is 4.79 Å². The lowest BCUT2D eigenvalue weighted by molar-refractivity contribution is -0.121. The number of nitrogens with one attached hydrogen (secondary N) is 1. The molecule has 18 heavy (non-hydrogen) atoms. The van der Waals surface area contributed by atoms with Crippen molar-refractivity contribution in [1.29, 1.82) is 0 Å². The van der Waals surface area contributed by atoms with Crippen LogP contribution in [0.5, 0.6) is 0 Å². The monoisotopic (exact) mass is 252 g/mol. The number of nitrogens with zero attached hydrogens (tertiary/aromatic N) is 1. The van der Waals surface area contributed by atoms with E-state index in [4.69, 9.17) is 0 Å². The number of carbonyl (C=O) groups excluding carboxylic acids is 2. The van der Waals surface area contributed by atoms with Gasteiger partial charge in [0.2, 0.25) is 5.91 Å². The van der Waals surface area contributed by atoms with Gasteiger partial charge in [0.15, 0.2) is 0 Å². The Morgan fingerprint density at radius 3 is 2.67 bits per heavy atom. The van der Waals surface area contributed by atoms with Gasteiger partial charge in [-0.3, -0.25) is 9.59 Å². The third kappa shape index (κ3) is 3.55. The lowest BCUT2D eigenvalue weighted by atomic mass is 10.1. The Morgan fingerprint density at radius 1 is 1.39 bits per heavy atom. The molecule has 2 amide bonds. The van der Waals surface area contributed by atoms with Crippen molar-refractivity contribution in [2.24, 2.45) is 0 Å². The van der Waals surface area contributed by atoms with Gasteiger partial charge >= 0.3 is 0 Å². The van der Waals surface area contributed by atoms with Gasteiger partial charge in [-0.15, -0.1) is 0 Å². The van der Waals surface area contributed by atoms with Crippen molar-refractivity contribution >= 4 is 11.8 Å². The molecule has 0 fully saturated rings. The zero-order chi connectivity index (χ0) is 13.7. The molecule has 0 aliphatic carbocycles. The van der Waals surface area contributed by atoms with Gasteiger partial charge in [-0.05, 0) is 26.0 Å². The molecule has 0 saturated heterocycles. The minimum Gasteiger partial charge on any atom is -0.355 e. The second-order valence-electron chi connectivity index (χ2n) is 4.10. The predicted octanol–water partition coefficient (Wildman–Crippen LogP) is 1.34. The molecule has 0 spiro atoms. The van der Waals surface area contributed by atoms with Crippen LogP contribution in [0.4, 0.5) is 4.39 Å². The Hall–Kier alpha value is -1.91. The number of carbonyl (C=O) groups is 2. The van der Waals surface area contributed by atoms with E-state index < -0.39 is 11.7 Å². The molecule has 5 heteroatoms. The van der Waals surface area contributed by atoms with Gasteiger partial charge < -0.3 is 10.2 Å². The van der Waals surface area contributed by atoms with E-state index in [1.54, 1.807) is 19.9 Å². The van der Waals surface area contributed by atoms with Gasteiger partial charge in [-0.2, -0.15) is 0 Å². The Balaban J connectivity index is 2.80. The normalized spacial score (nSPS) is 10.0. The van der Waals surface area contributed by atoms with Crippen LogP contribution in [0.25, 0.3) is 0 Å². The van der Waals surface area contributed by atoms with Crippen molar-refractivity contribution in [3.8, 4) is 0 Å². The lowest BCUT2D eigenvalue weighted by Crippen LogP contribution is -2.38. The zero-order valence-electron chi connectivity index (χ0n) is 10.8. The summed E-state index contributed by atoms with van der Waals surface area (Å²) in [7, 11) is 1.47. The quantitative estimate of drug-likeness (QED) is 0.879. The smallest absolute Gasteiger partial charge is 0.257 e. The number of hydrogen-bond donors (Lipinski definition) is 1. The summed E-state index contributed by atoms with van der Waals surface area (Å²) in [4.78, 5) is 24.5.